The van der Waals surface area contributed by atoms with Gasteiger partial charge in [-0.2, -0.15) is 8.42 Å². The molecule has 0 fully saturated rings. The molecule has 0 heterocycles. The second-order valence-electron chi connectivity index (χ2n) is 7.70. The Kier molecular flexibility index (Phi) is 6.22. The predicted molar refractivity (Wildman–Crippen MR) is 131 cm³/mol. The summed E-state index contributed by atoms with van der Waals surface area (Å²) in [6.45, 7) is 3.57. The number of anilines is 2. The smallest absolute Gasteiger partial charge is 0.321 e. The molecule has 0 aromatic heterocycles. The van der Waals surface area contributed by atoms with Crippen molar-refractivity contribution < 1.29 is 26.2 Å². The zero-order chi connectivity index (χ0) is 24.5. The Labute approximate surface area is 198 Å². The third-order valence-corrected chi connectivity index (χ3v) is 7.80. The van der Waals surface area contributed by atoms with Crippen molar-refractivity contribution in [3.8, 4) is 5.75 Å². The summed E-state index contributed by atoms with van der Waals surface area (Å²) in [4.78, 5) is -0.481. The molecule has 4 rings (SSSR count). The van der Waals surface area contributed by atoms with Gasteiger partial charge in [0.1, 0.15) is 10.6 Å². The number of fused-ring (bicyclic) bond motifs is 1. The number of hydrogen-bond donors (Lipinski definition) is 3. The minimum atomic E-state index is -4.37. The lowest BCUT2D eigenvalue weighted by Crippen LogP contribution is -2.14. The van der Waals surface area contributed by atoms with Crippen LogP contribution in [0.5, 0.6) is 5.75 Å². The molecule has 0 aliphatic rings. The first-order valence-corrected chi connectivity index (χ1v) is 13.1. The molecule has 0 aliphatic heterocycles. The molecule has 0 spiro atoms. The van der Waals surface area contributed by atoms with Gasteiger partial charge in [-0.3, -0.25) is 4.72 Å². The van der Waals surface area contributed by atoms with E-state index in [1.165, 1.54) is 30.3 Å². The lowest BCUT2D eigenvalue weighted by atomic mass is 10.1. The number of sulfonamides is 1. The third kappa shape index (κ3) is 4.84. The average Bonchev–Trinajstić information content (AvgIpc) is 2.79. The predicted octanol–water partition coefficient (Wildman–Crippen LogP) is 4.70. The highest BCUT2D eigenvalue weighted by atomic mass is 32.2. The average molecular weight is 499 g/mol. The molecule has 8 nitrogen and oxygen atoms in total. The molecule has 4 aromatic carbocycles. The number of hydrogen-bond acceptors (Lipinski definition) is 7. The maximum atomic E-state index is 12.9. The zero-order valence-corrected chi connectivity index (χ0v) is 19.9. The van der Waals surface area contributed by atoms with E-state index in [1.54, 1.807) is 62.4 Å². The first kappa shape index (κ1) is 23.6. The van der Waals surface area contributed by atoms with Gasteiger partial charge in [-0.25, -0.2) is 13.9 Å². The Balaban J connectivity index is 1.64. The van der Waals surface area contributed by atoms with Crippen LogP contribution in [0, 0.1) is 13.8 Å². The topological polar surface area (TPSA) is 122 Å². The van der Waals surface area contributed by atoms with Gasteiger partial charge in [-0.15, -0.1) is 4.28 Å². The second-order valence-corrected chi connectivity index (χ2v) is 10.9. The van der Waals surface area contributed by atoms with E-state index in [9.17, 15) is 21.9 Å². The third-order valence-electron chi connectivity index (χ3n) is 5.26. The summed E-state index contributed by atoms with van der Waals surface area (Å²) in [5, 5.41) is 11.2. The minimum Gasteiger partial charge on any atom is -0.506 e. The van der Waals surface area contributed by atoms with Gasteiger partial charge in [-0.05, 0) is 72.1 Å². The van der Waals surface area contributed by atoms with Gasteiger partial charge in [0.2, 0.25) is 0 Å². The number of phenolic OH excluding ortho intramolecular Hbond substituents is 1. The molecule has 34 heavy (non-hydrogen) atoms. The number of rotatable bonds is 7. The fourth-order valence-electron chi connectivity index (χ4n) is 3.33. The number of nitrogens with one attached hydrogen (secondary N) is 2. The molecule has 0 atom stereocenters. The van der Waals surface area contributed by atoms with Crippen molar-refractivity contribution in [1.29, 1.82) is 0 Å². The van der Waals surface area contributed by atoms with Crippen LogP contribution in [0.2, 0.25) is 0 Å². The molecule has 0 saturated heterocycles. The van der Waals surface area contributed by atoms with Gasteiger partial charge >= 0.3 is 10.1 Å². The molecule has 0 radical (unpaired) electrons. The van der Waals surface area contributed by atoms with Crippen LogP contribution in [0.15, 0.2) is 88.7 Å². The van der Waals surface area contributed by atoms with E-state index >= 15 is 0 Å². The van der Waals surface area contributed by atoms with Crippen LogP contribution in [0.4, 0.5) is 11.4 Å². The lowest BCUT2D eigenvalue weighted by molar-refractivity contribution is 0.383. The number of aromatic hydroxyl groups is 1. The molecule has 176 valence electrons. The first-order valence-electron chi connectivity index (χ1n) is 10.2. The first-order chi connectivity index (χ1) is 16.1. The quantitative estimate of drug-likeness (QED) is 0.316. The van der Waals surface area contributed by atoms with E-state index in [2.05, 4.69) is 10.2 Å². The van der Waals surface area contributed by atoms with Gasteiger partial charge < -0.3 is 5.11 Å². The van der Waals surface area contributed by atoms with Crippen molar-refractivity contribution in [2.45, 2.75) is 23.6 Å². The van der Waals surface area contributed by atoms with E-state index in [0.29, 0.717) is 22.1 Å². The summed E-state index contributed by atoms with van der Waals surface area (Å²) < 4.78 is 58.6. The second kappa shape index (κ2) is 8.98. The molecule has 0 bridgehead atoms. The number of benzene rings is 4. The standard InChI is InChI=1S/C24H22N2O6S2/c1-16-7-3-5-9-21(16)25-32-34(30,31)24-15-18-11-12-20(13-19(18)14-23(24)27)33(28,29)26-22-10-6-4-8-17(22)2/h3-15,25-27H,1-2H3. The Hall–Kier alpha value is -3.60. The highest BCUT2D eigenvalue weighted by Gasteiger charge is 2.23. The lowest BCUT2D eigenvalue weighted by Gasteiger charge is -2.13. The zero-order valence-electron chi connectivity index (χ0n) is 18.3. The normalized spacial score (nSPS) is 11.9. The minimum absolute atomic E-state index is 0.0317. The van der Waals surface area contributed by atoms with Crippen molar-refractivity contribution >= 4 is 42.3 Å². The van der Waals surface area contributed by atoms with Crippen LogP contribution < -0.4 is 10.2 Å². The molecular formula is C24H22N2O6S2. The molecule has 0 aliphatic carbocycles. The summed E-state index contributed by atoms with van der Waals surface area (Å²) >= 11 is 0. The number of para-hydroxylation sites is 2. The molecule has 0 saturated carbocycles. The van der Waals surface area contributed by atoms with Gasteiger partial charge in [0.15, 0.2) is 0 Å². The van der Waals surface area contributed by atoms with Crippen molar-refractivity contribution in [2.24, 2.45) is 0 Å². The largest absolute Gasteiger partial charge is 0.506 e. The summed E-state index contributed by atoms with van der Waals surface area (Å²) in [5.41, 5.74) is 4.84. The van der Waals surface area contributed by atoms with Crippen LogP contribution in [0.1, 0.15) is 11.1 Å². The Morgan fingerprint density at radius 3 is 2.00 bits per heavy atom. The molecule has 0 amide bonds. The molecule has 0 unspecified atom stereocenters. The van der Waals surface area contributed by atoms with Crippen molar-refractivity contribution in [3.63, 3.8) is 0 Å². The van der Waals surface area contributed by atoms with Crippen LogP contribution >= 0.6 is 0 Å². The van der Waals surface area contributed by atoms with Crippen molar-refractivity contribution in [1.82, 2.24) is 0 Å². The fraction of sp³-hybridized carbons (Fsp3) is 0.0833. The Morgan fingerprint density at radius 2 is 1.35 bits per heavy atom. The maximum absolute atomic E-state index is 12.9. The van der Waals surface area contributed by atoms with Gasteiger partial charge in [0, 0.05) is 0 Å². The highest BCUT2D eigenvalue weighted by molar-refractivity contribution is 7.92. The van der Waals surface area contributed by atoms with E-state index in [1.807, 2.05) is 0 Å². The Morgan fingerprint density at radius 1 is 0.735 bits per heavy atom. The SMILES string of the molecule is Cc1ccccc1NOS(=O)(=O)c1cc2ccc(S(=O)(=O)Nc3ccccc3C)cc2cc1O. The summed E-state index contributed by atoms with van der Waals surface area (Å²) in [6, 6.07) is 20.5. The number of aryl methyl sites for hydroxylation is 2. The highest BCUT2D eigenvalue weighted by Crippen LogP contribution is 2.32. The number of phenols is 1. The molecule has 3 N–H and O–H groups in total. The van der Waals surface area contributed by atoms with E-state index < -0.39 is 30.8 Å². The van der Waals surface area contributed by atoms with Gasteiger partial charge in [0.05, 0.1) is 16.3 Å². The summed E-state index contributed by atoms with van der Waals surface area (Å²) in [7, 11) is -8.28. The monoisotopic (exact) mass is 498 g/mol. The van der Waals surface area contributed by atoms with Crippen molar-refractivity contribution in [2.75, 3.05) is 10.2 Å². The van der Waals surface area contributed by atoms with Crippen LogP contribution in [0.25, 0.3) is 10.8 Å². The van der Waals surface area contributed by atoms with E-state index in [0.717, 1.165) is 11.1 Å². The van der Waals surface area contributed by atoms with Crippen LogP contribution in [-0.4, -0.2) is 21.9 Å². The summed E-state index contributed by atoms with van der Waals surface area (Å²) in [5.74, 6) is -0.569. The molecule has 10 heteroatoms. The fourth-order valence-corrected chi connectivity index (χ4v) is 5.37. The van der Waals surface area contributed by atoms with E-state index in [4.69, 9.17) is 4.28 Å². The van der Waals surface area contributed by atoms with Gasteiger partial charge in [0.25, 0.3) is 10.0 Å². The summed E-state index contributed by atoms with van der Waals surface area (Å²) in [6.07, 6.45) is 0. The Bertz CT molecular complexity index is 1600. The maximum Gasteiger partial charge on any atom is 0.321 e. The van der Waals surface area contributed by atoms with Crippen LogP contribution in [0.3, 0.4) is 0 Å². The van der Waals surface area contributed by atoms with E-state index in [-0.39, 0.29) is 4.90 Å². The molecule has 4 aromatic rings. The van der Waals surface area contributed by atoms with Crippen LogP contribution in [-0.2, 0) is 24.4 Å². The molecular weight excluding hydrogens is 476 g/mol. The van der Waals surface area contributed by atoms with Crippen molar-refractivity contribution in [3.05, 3.63) is 90.0 Å². The van der Waals surface area contributed by atoms with Gasteiger partial charge in [-0.1, -0.05) is 42.5 Å².